The van der Waals surface area contributed by atoms with Crippen LogP contribution in [0, 0.1) is 13.8 Å². The van der Waals surface area contributed by atoms with Crippen LogP contribution >= 0.6 is 0 Å². The van der Waals surface area contributed by atoms with Crippen LogP contribution in [0.3, 0.4) is 0 Å². The van der Waals surface area contributed by atoms with Gasteiger partial charge in [-0.2, -0.15) is 0 Å². The van der Waals surface area contributed by atoms with Gasteiger partial charge in [-0.05, 0) is 56.2 Å². The van der Waals surface area contributed by atoms with Crippen molar-refractivity contribution >= 4 is 17.5 Å². The summed E-state index contributed by atoms with van der Waals surface area (Å²) in [4.78, 5) is 29.4. The summed E-state index contributed by atoms with van der Waals surface area (Å²) in [5.41, 5.74) is 3.80. The first-order valence-corrected chi connectivity index (χ1v) is 9.75. The fraction of sp³-hybridized carbons (Fsp3) is 0.208. The van der Waals surface area contributed by atoms with Crippen molar-refractivity contribution in [2.75, 3.05) is 5.32 Å². The van der Waals surface area contributed by atoms with E-state index in [4.69, 9.17) is 4.74 Å². The highest BCUT2D eigenvalue weighted by Gasteiger charge is 2.19. The molecule has 6 heteroatoms. The molecular formula is C24H25N3O3. The molecule has 0 spiro atoms. The van der Waals surface area contributed by atoms with E-state index in [2.05, 4.69) is 15.6 Å². The Morgan fingerprint density at radius 1 is 1.07 bits per heavy atom. The quantitative estimate of drug-likeness (QED) is 0.624. The van der Waals surface area contributed by atoms with Crippen LogP contribution in [0.4, 0.5) is 5.69 Å². The lowest BCUT2D eigenvalue weighted by Gasteiger charge is -2.18. The van der Waals surface area contributed by atoms with E-state index >= 15 is 0 Å². The molecule has 0 radical (unpaired) electrons. The Kier molecular flexibility index (Phi) is 6.80. The smallest absolute Gasteiger partial charge is 0.265 e. The fourth-order valence-electron chi connectivity index (χ4n) is 2.98. The zero-order valence-electron chi connectivity index (χ0n) is 17.3. The Bertz CT molecular complexity index is 1030. The summed E-state index contributed by atoms with van der Waals surface area (Å²) in [6.07, 6.45) is 2.65. The number of aromatic nitrogens is 1. The molecule has 0 saturated carbocycles. The molecule has 2 amide bonds. The predicted octanol–water partition coefficient (Wildman–Crippen LogP) is 4.03. The molecular weight excluding hydrogens is 378 g/mol. The van der Waals surface area contributed by atoms with Gasteiger partial charge < -0.3 is 15.4 Å². The molecule has 0 aliphatic rings. The van der Waals surface area contributed by atoms with Gasteiger partial charge in [0, 0.05) is 18.9 Å². The second kappa shape index (κ2) is 9.69. The van der Waals surface area contributed by atoms with Crippen LogP contribution in [0.25, 0.3) is 0 Å². The van der Waals surface area contributed by atoms with Gasteiger partial charge in [0.2, 0.25) is 0 Å². The second-order valence-electron chi connectivity index (χ2n) is 7.11. The standard InChI is InChI=1S/C24H25N3O3/c1-16-10-11-22(17(2)13-16)30-18(3)23(28)27-21-9-5-4-8-20(21)24(29)26-15-19-7-6-12-25-14-19/h4-14,18H,15H2,1-3H3,(H,26,29)(H,27,28)/t18-/m1/s1. The first kappa shape index (κ1) is 21.0. The highest BCUT2D eigenvalue weighted by atomic mass is 16.5. The van der Waals surface area contributed by atoms with Crippen LogP contribution in [0.2, 0.25) is 0 Å². The number of aryl methyl sites for hydroxylation is 2. The zero-order chi connectivity index (χ0) is 21.5. The lowest BCUT2D eigenvalue weighted by atomic mass is 10.1. The Balaban J connectivity index is 1.66. The van der Waals surface area contributed by atoms with Crippen LogP contribution in [0.15, 0.2) is 67.0 Å². The molecule has 6 nitrogen and oxygen atoms in total. The molecule has 0 fully saturated rings. The van der Waals surface area contributed by atoms with Crippen molar-refractivity contribution in [1.82, 2.24) is 10.3 Å². The lowest BCUT2D eigenvalue weighted by Crippen LogP contribution is -2.32. The maximum absolute atomic E-state index is 12.7. The molecule has 0 aliphatic heterocycles. The van der Waals surface area contributed by atoms with Crippen molar-refractivity contribution in [3.63, 3.8) is 0 Å². The number of pyridine rings is 1. The number of amides is 2. The maximum Gasteiger partial charge on any atom is 0.265 e. The molecule has 1 heterocycles. The number of anilines is 1. The second-order valence-corrected chi connectivity index (χ2v) is 7.11. The minimum atomic E-state index is -0.724. The van der Waals surface area contributed by atoms with Crippen molar-refractivity contribution in [2.45, 2.75) is 33.4 Å². The van der Waals surface area contributed by atoms with Gasteiger partial charge in [-0.1, -0.05) is 35.9 Å². The van der Waals surface area contributed by atoms with Crippen LogP contribution in [0.1, 0.15) is 34.0 Å². The van der Waals surface area contributed by atoms with Crippen LogP contribution < -0.4 is 15.4 Å². The molecule has 0 aliphatic carbocycles. The SMILES string of the molecule is Cc1ccc(O[C@H](C)C(=O)Nc2ccccc2C(=O)NCc2cccnc2)c(C)c1. The van der Waals surface area contributed by atoms with E-state index < -0.39 is 6.10 Å². The maximum atomic E-state index is 12.7. The minimum Gasteiger partial charge on any atom is -0.481 e. The molecule has 30 heavy (non-hydrogen) atoms. The summed E-state index contributed by atoms with van der Waals surface area (Å²) in [7, 11) is 0. The van der Waals surface area contributed by atoms with Gasteiger partial charge in [-0.15, -0.1) is 0 Å². The summed E-state index contributed by atoms with van der Waals surface area (Å²) in [6, 6.07) is 16.4. The first-order valence-electron chi connectivity index (χ1n) is 9.75. The summed E-state index contributed by atoms with van der Waals surface area (Å²) < 4.78 is 5.82. The Morgan fingerprint density at radius 2 is 1.87 bits per heavy atom. The van der Waals surface area contributed by atoms with E-state index in [1.165, 1.54) is 0 Å². The van der Waals surface area contributed by atoms with E-state index in [1.807, 2.05) is 44.2 Å². The van der Waals surface area contributed by atoms with Gasteiger partial charge >= 0.3 is 0 Å². The first-order chi connectivity index (χ1) is 14.4. The molecule has 1 aromatic heterocycles. The highest BCUT2D eigenvalue weighted by Crippen LogP contribution is 2.21. The number of hydrogen-bond donors (Lipinski definition) is 2. The topological polar surface area (TPSA) is 80.3 Å². The van der Waals surface area contributed by atoms with E-state index in [9.17, 15) is 9.59 Å². The molecule has 3 aromatic rings. The average molecular weight is 403 g/mol. The Labute approximate surface area is 176 Å². The number of hydrogen-bond acceptors (Lipinski definition) is 4. The van der Waals surface area contributed by atoms with Gasteiger partial charge in [0.05, 0.1) is 11.3 Å². The van der Waals surface area contributed by atoms with Crippen molar-refractivity contribution in [2.24, 2.45) is 0 Å². The monoisotopic (exact) mass is 403 g/mol. The van der Waals surface area contributed by atoms with Crippen LogP contribution in [0.5, 0.6) is 5.75 Å². The fourth-order valence-corrected chi connectivity index (χ4v) is 2.98. The van der Waals surface area contributed by atoms with E-state index in [-0.39, 0.29) is 11.8 Å². The zero-order valence-corrected chi connectivity index (χ0v) is 17.3. The number of nitrogens with one attached hydrogen (secondary N) is 2. The summed E-state index contributed by atoms with van der Waals surface area (Å²) in [5.74, 6) is 0.0472. The van der Waals surface area contributed by atoms with Crippen molar-refractivity contribution < 1.29 is 14.3 Å². The van der Waals surface area contributed by atoms with Gasteiger partial charge in [-0.3, -0.25) is 14.6 Å². The van der Waals surface area contributed by atoms with Crippen molar-refractivity contribution in [3.05, 3.63) is 89.2 Å². The number of carbonyl (C=O) groups excluding carboxylic acids is 2. The molecule has 3 rings (SSSR count). The lowest BCUT2D eigenvalue weighted by molar-refractivity contribution is -0.122. The Hall–Kier alpha value is -3.67. The number of ether oxygens (including phenoxy) is 1. The van der Waals surface area contributed by atoms with Crippen molar-refractivity contribution in [1.29, 1.82) is 0 Å². The largest absolute Gasteiger partial charge is 0.481 e. The number of rotatable bonds is 7. The molecule has 1 atom stereocenters. The molecule has 2 N–H and O–H groups in total. The third-order valence-corrected chi connectivity index (χ3v) is 4.61. The number of para-hydroxylation sites is 1. The summed E-state index contributed by atoms with van der Waals surface area (Å²) in [5, 5.41) is 5.65. The van der Waals surface area contributed by atoms with Gasteiger partial charge in [0.25, 0.3) is 11.8 Å². The summed E-state index contributed by atoms with van der Waals surface area (Å²) >= 11 is 0. The van der Waals surface area contributed by atoms with Crippen molar-refractivity contribution in [3.8, 4) is 5.75 Å². The van der Waals surface area contributed by atoms with E-state index in [0.717, 1.165) is 16.7 Å². The normalized spacial score (nSPS) is 11.4. The van der Waals surface area contributed by atoms with Gasteiger partial charge in [0.1, 0.15) is 5.75 Å². The molecule has 154 valence electrons. The molecule has 0 bridgehead atoms. The predicted molar refractivity (Wildman–Crippen MR) is 116 cm³/mol. The molecule has 0 unspecified atom stereocenters. The third kappa shape index (κ3) is 5.44. The van der Waals surface area contributed by atoms with Crippen LogP contribution in [-0.4, -0.2) is 22.9 Å². The van der Waals surface area contributed by atoms with Crippen LogP contribution in [-0.2, 0) is 11.3 Å². The van der Waals surface area contributed by atoms with Gasteiger partial charge in [-0.25, -0.2) is 0 Å². The van der Waals surface area contributed by atoms with E-state index in [0.29, 0.717) is 23.5 Å². The Morgan fingerprint density at radius 3 is 2.60 bits per heavy atom. The highest BCUT2D eigenvalue weighted by molar-refractivity contribution is 6.04. The third-order valence-electron chi connectivity index (χ3n) is 4.61. The molecule has 2 aromatic carbocycles. The number of nitrogens with zero attached hydrogens (tertiary/aromatic N) is 1. The minimum absolute atomic E-state index is 0.280. The summed E-state index contributed by atoms with van der Waals surface area (Å²) in [6.45, 7) is 5.97. The number of benzene rings is 2. The molecule has 0 saturated heterocycles. The number of carbonyl (C=O) groups is 2. The average Bonchev–Trinajstić information content (AvgIpc) is 2.75. The van der Waals surface area contributed by atoms with Gasteiger partial charge in [0.15, 0.2) is 6.10 Å². The van der Waals surface area contributed by atoms with E-state index in [1.54, 1.807) is 43.6 Å².